The molecule has 0 atom stereocenters. The Balaban J connectivity index is 2.05. The van der Waals surface area contributed by atoms with Gasteiger partial charge in [-0.15, -0.1) is 0 Å². The highest BCUT2D eigenvalue weighted by Gasteiger charge is 2.19. The van der Waals surface area contributed by atoms with Gasteiger partial charge in [-0.1, -0.05) is 42.8 Å². The quantitative estimate of drug-likeness (QED) is 0.822. The minimum atomic E-state index is -0.231. The van der Waals surface area contributed by atoms with E-state index in [1.807, 2.05) is 57.2 Å². The molecule has 0 aliphatic heterocycles. The van der Waals surface area contributed by atoms with Crippen LogP contribution in [0.1, 0.15) is 43.1 Å². The Morgan fingerprint density at radius 1 is 1.17 bits per heavy atom. The van der Waals surface area contributed by atoms with Crippen molar-refractivity contribution in [3.63, 3.8) is 0 Å². The summed E-state index contributed by atoms with van der Waals surface area (Å²) in [6.07, 6.45) is 0.863. The van der Waals surface area contributed by atoms with Crippen molar-refractivity contribution in [2.75, 3.05) is 0 Å². The molecule has 1 amide bonds. The van der Waals surface area contributed by atoms with Gasteiger partial charge >= 0.3 is 0 Å². The summed E-state index contributed by atoms with van der Waals surface area (Å²) in [5.41, 5.74) is 1.27. The highest BCUT2D eigenvalue weighted by Crippen LogP contribution is 2.20. The molecule has 0 radical (unpaired) electrons. The number of rotatable bonds is 6. The van der Waals surface area contributed by atoms with E-state index in [1.165, 1.54) is 0 Å². The van der Waals surface area contributed by atoms with Crippen LogP contribution in [0.15, 0.2) is 48.5 Å². The first kappa shape index (κ1) is 17.4. The fourth-order valence-electron chi connectivity index (χ4n) is 1.97. The predicted octanol–water partition coefficient (Wildman–Crippen LogP) is 4.84. The SMILES string of the molecule is CCC(C)(C)NC(=O)c1cccc(OCc2ccccc2Cl)c1. The van der Waals surface area contributed by atoms with Crippen LogP contribution in [0.2, 0.25) is 5.02 Å². The molecule has 0 saturated carbocycles. The molecule has 0 aliphatic rings. The lowest BCUT2D eigenvalue weighted by Crippen LogP contribution is -2.42. The summed E-state index contributed by atoms with van der Waals surface area (Å²) in [5, 5.41) is 3.69. The van der Waals surface area contributed by atoms with Gasteiger partial charge in [-0.3, -0.25) is 4.79 Å². The minimum Gasteiger partial charge on any atom is -0.489 e. The van der Waals surface area contributed by atoms with Crippen molar-refractivity contribution in [1.29, 1.82) is 0 Å². The Morgan fingerprint density at radius 2 is 1.91 bits per heavy atom. The van der Waals surface area contributed by atoms with E-state index in [4.69, 9.17) is 16.3 Å². The Kier molecular flexibility index (Phi) is 5.67. The molecule has 0 unspecified atom stereocenters. The van der Waals surface area contributed by atoms with E-state index >= 15 is 0 Å². The molecule has 4 heteroatoms. The minimum absolute atomic E-state index is 0.0972. The van der Waals surface area contributed by atoms with Crippen molar-refractivity contribution in [3.8, 4) is 5.75 Å². The summed E-state index contributed by atoms with van der Waals surface area (Å²) in [7, 11) is 0. The van der Waals surface area contributed by atoms with Gasteiger partial charge < -0.3 is 10.1 Å². The normalized spacial score (nSPS) is 11.1. The van der Waals surface area contributed by atoms with Gasteiger partial charge in [-0.25, -0.2) is 0 Å². The number of halogens is 1. The molecule has 0 bridgehead atoms. The van der Waals surface area contributed by atoms with Gasteiger partial charge in [0.25, 0.3) is 5.91 Å². The summed E-state index contributed by atoms with van der Waals surface area (Å²) in [4.78, 5) is 12.3. The number of benzene rings is 2. The number of ether oxygens (including phenoxy) is 1. The number of hydrogen-bond donors (Lipinski definition) is 1. The second kappa shape index (κ2) is 7.51. The topological polar surface area (TPSA) is 38.3 Å². The average molecular weight is 332 g/mol. The molecular weight excluding hydrogens is 310 g/mol. The number of carbonyl (C=O) groups excluding carboxylic acids is 1. The highest BCUT2D eigenvalue weighted by atomic mass is 35.5. The Hall–Kier alpha value is -2.00. The van der Waals surface area contributed by atoms with Crippen molar-refractivity contribution >= 4 is 17.5 Å². The van der Waals surface area contributed by atoms with Gasteiger partial charge in [0.1, 0.15) is 12.4 Å². The molecule has 3 nitrogen and oxygen atoms in total. The van der Waals surface area contributed by atoms with Crippen LogP contribution in [-0.2, 0) is 6.61 Å². The molecule has 0 fully saturated rings. The molecule has 23 heavy (non-hydrogen) atoms. The van der Waals surface area contributed by atoms with E-state index < -0.39 is 0 Å². The van der Waals surface area contributed by atoms with E-state index in [0.717, 1.165) is 12.0 Å². The molecule has 1 N–H and O–H groups in total. The molecule has 0 heterocycles. The highest BCUT2D eigenvalue weighted by molar-refractivity contribution is 6.31. The lowest BCUT2D eigenvalue weighted by Gasteiger charge is -2.24. The van der Waals surface area contributed by atoms with Crippen molar-refractivity contribution in [1.82, 2.24) is 5.32 Å². The number of nitrogens with one attached hydrogen (secondary N) is 1. The van der Waals surface area contributed by atoms with Gasteiger partial charge in [-0.2, -0.15) is 0 Å². The summed E-state index contributed by atoms with van der Waals surface area (Å²) >= 11 is 6.12. The smallest absolute Gasteiger partial charge is 0.251 e. The van der Waals surface area contributed by atoms with Crippen LogP contribution in [0.4, 0.5) is 0 Å². The molecule has 0 aliphatic carbocycles. The Bertz CT molecular complexity index is 683. The van der Waals surface area contributed by atoms with E-state index in [9.17, 15) is 4.79 Å². The second-order valence-corrected chi connectivity index (χ2v) is 6.51. The third-order valence-corrected chi connectivity index (χ3v) is 4.15. The Morgan fingerprint density at radius 3 is 2.61 bits per heavy atom. The lowest BCUT2D eigenvalue weighted by molar-refractivity contribution is 0.0910. The molecule has 0 saturated heterocycles. The standard InChI is InChI=1S/C19H22ClNO2/c1-4-19(2,3)21-18(22)14-9-7-10-16(12-14)23-13-15-8-5-6-11-17(15)20/h5-12H,4,13H2,1-3H3,(H,21,22). The third-order valence-electron chi connectivity index (χ3n) is 3.78. The molecule has 2 aromatic carbocycles. The van der Waals surface area contributed by atoms with Gasteiger partial charge in [-0.05, 0) is 44.5 Å². The van der Waals surface area contributed by atoms with Gasteiger partial charge in [0.05, 0.1) is 0 Å². The zero-order chi connectivity index (χ0) is 16.9. The van der Waals surface area contributed by atoms with Crippen LogP contribution >= 0.6 is 11.6 Å². The first-order valence-electron chi connectivity index (χ1n) is 7.70. The average Bonchev–Trinajstić information content (AvgIpc) is 2.54. The lowest BCUT2D eigenvalue weighted by atomic mass is 10.0. The van der Waals surface area contributed by atoms with Crippen molar-refractivity contribution < 1.29 is 9.53 Å². The molecule has 0 spiro atoms. The summed E-state index contributed by atoms with van der Waals surface area (Å²) in [6.45, 7) is 6.42. The molecule has 122 valence electrons. The summed E-state index contributed by atoms with van der Waals surface area (Å²) in [5.74, 6) is 0.548. The predicted molar refractivity (Wildman–Crippen MR) is 94.1 cm³/mol. The summed E-state index contributed by atoms with van der Waals surface area (Å²) < 4.78 is 5.76. The summed E-state index contributed by atoms with van der Waals surface area (Å²) in [6, 6.07) is 14.7. The van der Waals surface area contributed by atoms with Gasteiger partial charge in [0, 0.05) is 21.7 Å². The largest absolute Gasteiger partial charge is 0.489 e. The molecule has 2 rings (SSSR count). The van der Waals surface area contributed by atoms with Crippen molar-refractivity contribution in [3.05, 3.63) is 64.7 Å². The van der Waals surface area contributed by atoms with E-state index in [-0.39, 0.29) is 11.4 Å². The first-order chi connectivity index (χ1) is 10.9. The van der Waals surface area contributed by atoms with Gasteiger partial charge in [0.2, 0.25) is 0 Å². The van der Waals surface area contributed by atoms with Crippen LogP contribution in [-0.4, -0.2) is 11.4 Å². The van der Waals surface area contributed by atoms with Gasteiger partial charge in [0.15, 0.2) is 0 Å². The first-order valence-corrected chi connectivity index (χ1v) is 8.08. The molecule has 2 aromatic rings. The fourth-order valence-corrected chi connectivity index (χ4v) is 2.16. The molecular formula is C19H22ClNO2. The van der Waals surface area contributed by atoms with E-state index in [0.29, 0.717) is 22.9 Å². The second-order valence-electron chi connectivity index (χ2n) is 6.10. The van der Waals surface area contributed by atoms with Crippen LogP contribution in [0, 0.1) is 0 Å². The molecule has 0 aromatic heterocycles. The Labute approximate surface area is 142 Å². The van der Waals surface area contributed by atoms with Crippen molar-refractivity contribution in [2.24, 2.45) is 0 Å². The number of hydrogen-bond acceptors (Lipinski definition) is 2. The maximum atomic E-state index is 12.3. The van der Waals surface area contributed by atoms with Crippen LogP contribution in [0.5, 0.6) is 5.75 Å². The number of carbonyl (C=O) groups is 1. The van der Waals surface area contributed by atoms with Crippen LogP contribution in [0.3, 0.4) is 0 Å². The fraction of sp³-hybridized carbons (Fsp3) is 0.316. The number of amides is 1. The van der Waals surface area contributed by atoms with E-state index in [1.54, 1.807) is 12.1 Å². The monoisotopic (exact) mass is 331 g/mol. The zero-order valence-corrected chi connectivity index (χ0v) is 14.5. The van der Waals surface area contributed by atoms with Crippen molar-refractivity contribution in [2.45, 2.75) is 39.3 Å². The van der Waals surface area contributed by atoms with Crippen LogP contribution in [0.25, 0.3) is 0 Å². The zero-order valence-electron chi connectivity index (χ0n) is 13.7. The van der Waals surface area contributed by atoms with E-state index in [2.05, 4.69) is 5.32 Å². The van der Waals surface area contributed by atoms with Crippen LogP contribution < -0.4 is 10.1 Å². The maximum Gasteiger partial charge on any atom is 0.251 e. The third kappa shape index (κ3) is 5.00. The maximum absolute atomic E-state index is 12.3.